The first-order valence-electron chi connectivity index (χ1n) is 15.0. The normalized spacial score (nSPS) is 17.2. The molecule has 1 unspecified atom stereocenters. The molecule has 42 heavy (non-hydrogen) atoms. The number of pyridine rings is 1. The number of nitrogens with zero attached hydrogens (tertiary/aromatic N) is 3. The van der Waals surface area contributed by atoms with E-state index in [1.807, 2.05) is 0 Å². The summed E-state index contributed by atoms with van der Waals surface area (Å²) in [6, 6.07) is 35.9. The molecular weight excluding hydrogens is 514 g/mol. The summed E-state index contributed by atoms with van der Waals surface area (Å²) >= 11 is 0. The lowest BCUT2D eigenvalue weighted by molar-refractivity contribution is -0.733. The van der Waals surface area contributed by atoms with Gasteiger partial charge in [0.1, 0.15) is 5.69 Å². The molecule has 1 atom stereocenters. The van der Waals surface area contributed by atoms with Crippen molar-refractivity contribution in [1.82, 2.24) is 4.57 Å². The van der Waals surface area contributed by atoms with Crippen molar-refractivity contribution >= 4 is 11.0 Å². The first-order chi connectivity index (χ1) is 20.3. The van der Waals surface area contributed by atoms with Gasteiger partial charge in [-0.15, -0.1) is 0 Å². The molecule has 0 radical (unpaired) electrons. The van der Waals surface area contributed by atoms with Crippen LogP contribution in [0.5, 0.6) is 11.5 Å². The predicted molar refractivity (Wildman–Crippen MR) is 165 cm³/mol. The van der Waals surface area contributed by atoms with Crippen LogP contribution in [-0.4, -0.2) is 4.57 Å². The van der Waals surface area contributed by atoms with Gasteiger partial charge in [-0.3, -0.25) is 0 Å². The van der Waals surface area contributed by atoms with Crippen molar-refractivity contribution in [3.8, 4) is 34.1 Å². The van der Waals surface area contributed by atoms with Gasteiger partial charge in [-0.1, -0.05) is 71.0 Å². The highest BCUT2D eigenvalue weighted by Gasteiger charge is 2.69. The number of hydrogen-bond donors (Lipinski definition) is 0. The zero-order valence-corrected chi connectivity index (χ0v) is 24.6. The largest absolute Gasteiger partial charge is 0.448 e. The van der Waals surface area contributed by atoms with E-state index in [0.717, 1.165) is 33.9 Å². The SMILES string of the molecule is CC(C)c1ccc(-n2c3[n+]4c5c(cccc52)Oc2cc(C(C)(C)C)cc(c2-4)C32c3ccccc3-c3cccc[n+]32)cc1. The third kappa shape index (κ3) is 2.73. The highest BCUT2D eigenvalue weighted by atomic mass is 16.5. The van der Waals surface area contributed by atoms with E-state index < -0.39 is 5.54 Å². The molecule has 0 fully saturated rings. The summed E-state index contributed by atoms with van der Waals surface area (Å²) in [5.74, 6) is 3.52. The first-order valence-corrected chi connectivity index (χ1v) is 15.0. The fraction of sp³-hybridized carbons (Fsp3) is 0.211. The second-order valence-electron chi connectivity index (χ2n) is 13.3. The van der Waals surface area contributed by atoms with Crippen LogP contribution in [-0.2, 0) is 11.0 Å². The molecule has 6 aromatic rings. The molecule has 5 heterocycles. The molecule has 4 heteroatoms. The number of imidazole rings is 1. The minimum atomic E-state index is -0.584. The van der Waals surface area contributed by atoms with Gasteiger partial charge in [0.2, 0.25) is 11.2 Å². The van der Waals surface area contributed by atoms with E-state index in [2.05, 4.69) is 152 Å². The van der Waals surface area contributed by atoms with E-state index in [0.29, 0.717) is 5.92 Å². The Morgan fingerprint density at radius 1 is 0.786 bits per heavy atom. The van der Waals surface area contributed by atoms with E-state index in [-0.39, 0.29) is 5.41 Å². The van der Waals surface area contributed by atoms with Crippen LogP contribution in [0.1, 0.15) is 68.6 Å². The molecule has 0 saturated carbocycles. The highest BCUT2D eigenvalue weighted by Crippen LogP contribution is 2.55. The quantitative estimate of drug-likeness (QED) is 0.202. The summed E-state index contributed by atoms with van der Waals surface area (Å²) in [5.41, 5.74) is 11.6. The molecule has 9 rings (SSSR count). The predicted octanol–water partition coefficient (Wildman–Crippen LogP) is 7.86. The molecule has 4 nitrogen and oxygen atoms in total. The summed E-state index contributed by atoms with van der Waals surface area (Å²) < 4.78 is 14.3. The standard InChI is InChI=1S/C38H33N3O/c1-23(2)24-16-18-26(19-17-24)40-31-14-10-15-32-35(31)41-34-29(21-25(37(3,4)5)22-33(34)42-32)38(36(40)41)28-12-7-6-11-27(28)30-13-8-9-20-39(30)38/h6-23H,1-5H3/q+2. The fourth-order valence-corrected chi connectivity index (χ4v) is 7.60. The Morgan fingerprint density at radius 2 is 1.57 bits per heavy atom. The van der Waals surface area contributed by atoms with Crippen molar-refractivity contribution in [1.29, 1.82) is 0 Å². The van der Waals surface area contributed by atoms with Crippen molar-refractivity contribution in [2.75, 3.05) is 0 Å². The number of fused-ring (bicyclic) bond motifs is 7. The minimum absolute atomic E-state index is 0.0510. The van der Waals surface area contributed by atoms with Crippen LogP contribution >= 0.6 is 0 Å². The molecule has 0 saturated heterocycles. The van der Waals surface area contributed by atoms with E-state index in [1.165, 1.54) is 39.3 Å². The van der Waals surface area contributed by atoms with Crippen molar-refractivity contribution in [2.24, 2.45) is 0 Å². The van der Waals surface area contributed by atoms with Crippen molar-refractivity contribution < 1.29 is 13.9 Å². The van der Waals surface area contributed by atoms with Gasteiger partial charge in [-0.2, -0.15) is 13.7 Å². The van der Waals surface area contributed by atoms with E-state index in [4.69, 9.17) is 4.74 Å². The Morgan fingerprint density at radius 3 is 2.36 bits per heavy atom. The van der Waals surface area contributed by atoms with Gasteiger partial charge in [-0.25, -0.2) is 0 Å². The van der Waals surface area contributed by atoms with Crippen LogP contribution in [0.2, 0.25) is 0 Å². The molecule has 3 aliphatic heterocycles. The fourth-order valence-electron chi connectivity index (χ4n) is 7.60. The zero-order valence-electron chi connectivity index (χ0n) is 24.6. The zero-order chi connectivity index (χ0) is 28.5. The number of rotatable bonds is 2. The van der Waals surface area contributed by atoms with Crippen LogP contribution in [0.15, 0.2) is 103 Å². The second kappa shape index (κ2) is 7.77. The number of aromatic nitrogens is 3. The van der Waals surface area contributed by atoms with Crippen molar-refractivity contribution in [3.05, 3.63) is 131 Å². The molecule has 2 aromatic heterocycles. The molecule has 0 N–H and O–H groups in total. The number of ether oxygens (including phenoxy) is 1. The number of hydrogen-bond acceptors (Lipinski definition) is 1. The summed E-state index contributed by atoms with van der Waals surface area (Å²) in [6.45, 7) is 11.4. The van der Waals surface area contributed by atoms with Crippen molar-refractivity contribution in [3.63, 3.8) is 0 Å². The summed E-state index contributed by atoms with van der Waals surface area (Å²) in [4.78, 5) is 0. The van der Waals surface area contributed by atoms with Gasteiger partial charge in [0.25, 0.3) is 0 Å². The van der Waals surface area contributed by atoms with E-state index in [9.17, 15) is 0 Å². The molecule has 0 bridgehead atoms. The molecule has 204 valence electrons. The third-order valence-corrected chi connectivity index (χ3v) is 9.60. The molecule has 0 amide bonds. The average molecular weight is 548 g/mol. The first kappa shape index (κ1) is 24.0. The average Bonchev–Trinajstić information content (AvgIpc) is 3.59. The Kier molecular flexibility index (Phi) is 4.43. The Hall–Kier alpha value is -4.70. The van der Waals surface area contributed by atoms with Crippen LogP contribution in [0, 0.1) is 0 Å². The number of para-hydroxylation sites is 1. The topological polar surface area (TPSA) is 21.9 Å². The summed E-state index contributed by atoms with van der Waals surface area (Å²) in [5, 5.41) is 0. The summed E-state index contributed by atoms with van der Waals surface area (Å²) in [6.07, 6.45) is 2.27. The number of benzene rings is 4. The van der Waals surface area contributed by atoms with Crippen molar-refractivity contribution in [2.45, 2.75) is 51.5 Å². The Bertz CT molecular complexity index is 2080. The lowest BCUT2D eigenvalue weighted by atomic mass is 9.79. The molecule has 1 spiro atoms. The lowest BCUT2D eigenvalue weighted by Crippen LogP contribution is -2.57. The Balaban J connectivity index is 1.52. The van der Waals surface area contributed by atoms with Gasteiger partial charge >= 0.3 is 11.4 Å². The van der Waals surface area contributed by atoms with E-state index in [1.54, 1.807) is 0 Å². The van der Waals surface area contributed by atoms with Gasteiger partial charge in [0, 0.05) is 12.1 Å². The van der Waals surface area contributed by atoms with Crippen LogP contribution < -0.4 is 13.9 Å². The van der Waals surface area contributed by atoms with Crippen LogP contribution in [0.3, 0.4) is 0 Å². The van der Waals surface area contributed by atoms with Crippen LogP contribution in [0.25, 0.3) is 33.7 Å². The smallest absolute Gasteiger partial charge is 0.352 e. The van der Waals surface area contributed by atoms with Gasteiger partial charge in [-0.05, 0) is 71.0 Å². The van der Waals surface area contributed by atoms with Gasteiger partial charge in [0.15, 0.2) is 28.9 Å². The lowest BCUT2D eigenvalue weighted by Gasteiger charge is -2.25. The third-order valence-electron chi connectivity index (χ3n) is 9.60. The maximum absolute atomic E-state index is 6.83. The molecular formula is C38H33N3O+2. The highest BCUT2D eigenvalue weighted by molar-refractivity contribution is 5.86. The Labute approximate surface area is 246 Å². The second-order valence-corrected chi connectivity index (χ2v) is 13.3. The van der Waals surface area contributed by atoms with E-state index >= 15 is 0 Å². The maximum Gasteiger partial charge on any atom is 0.352 e. The minimum Gasteiger partial charge on any atom is -0.448 e. The van der Waals surface area contributed by atoms with Gasteiger partial charge in [0.05, 0.1) is 16.7 Å². The molecule has 3 aliphatic rings. The summed E-state index contributed by atoms with van der Waals surface area (Å²) in [7, 11) is 0. The maximum atomic E-state index is 6.83. The van der Waals surface area contributed by atoms with Gasteiger partial charge < -0.3 is 4.74 Å². The molecule has 0 aliphatic carbocycles. The molecule has 4 aromatic carbocycles. The monoisotopic (exact) mass is 547 g/mol. The van der Waals surface area contributed by atoms with Crippen LogP contribution in [0.4, 0.5) is 0 Å².